The number of aryl methyl sites for hydroxylation is 1. The van der Waals surface area contributed by atoms with Crippen LogP contribution in [-0.2, 0) is 85.7 Å². The molecule has 0 N–H and O–H groups in total. The Balaban J connectivity index is 2.13. The lowest BCUT2D eigenvalue weighted by molar-refractivity contribution is -0.269. The third kappa shape index (κ3) is 12.8. The molecular weight excluding hydrogens is 859 g/mol. The number of thioether (sulfide) groups is 1. The van der Waals surface area contributed by atoms with Crippen LogP contribution in [-0.4, -0.2) is 125 Å². The molecule has 0 bridgehead atoms. The van der Waals surface area contributed by atoms with Crippen molar-refractivity contribution in [1.29, 1.82) is 5.26 Å². The van der Waals surface area contributed by atoms with Crippen molar-refractivity contribution in [1.82, 2.24) is 9.55 Å². The second-order valence-corrected chi connectivity index (χ2v) is 15.1. The maximum Gasteiger partial charge on any atom is 0.303 e. The van der Waals surface area contributed by atoms with Gasteiger partial charge in [0.25, 0.3) is 5.56 Å². The second kappa shape index (κ2) is 21.6. The molecule has 4 rings (SSSR count). The maximum absolute atomic E-state index is 14.0. The van der Waals surface area contributed by atoms with Crippen molar-refractivity contribution in [2.24, 2.45) is 0 Å². The molecule has 0 unspecified atom stereocenters. The summed E-state index contributed by atoms with van der Waals surface area (Å²) in [6.45, 7) is 8.78. The van der Waals surface area contributed by atoms with Gasteiger partial charge in [-0.1, -0.05) is 41.6 Å². The number of carbonyl (C=O) groups is 8. The Labute approximate surface area is 363 Å². The van der Waals surface area contributed by atoms with E-state index in [0.29, 0.717) is 11.8 Å². The third-order valence-corrected chi connectivity index (χ3v) is 10.0. The highest BCUT2D eigenvalue weighted by Gasteiger charge is 2.56. The maximum atomic E-state index is 14.0. The number of benzene rings is 1. The fourth-order valence-corrected chi connectivity index (χ4v) is 7.92. The van der Waals surface area contributed by atoms with E-state index in [9.17, 15) is 48.4 Å². The van der Waals surface area contributed by atoms with E-state index in [1.54, 1.807) is 19.1 Å². The van der Waals surface area contributed by atoms with Gasteiger partial charge in [-0.25, -0.2) is 0 Å². The minimum atomic E-state index is -1.84. The average Bonchev–Trinajstić information content (AvgIpc) is 3.16. The van der Waals surface area contributed by atoms with Gasteiger partial charge in [0.05, 0.1) is 5.69 Å². The highest BCUT2D eigenvalue weighted by molar-refractivity contribution is 7.99. The SMILES string of the molecule is CC(=O)OC[C@H]1O[C@@H](n2c(S[C@@H]3O[C@H](COC(C)=O)[C@@H](OC(C)=O)[C@H](OC(C)=O)[C@H]3OC(C)=O)nc(=O)c(C#N)c2-c2ccc(C)cc2)[C@H](OC(C)=O)[C@@H](OC(C)=O)[C@@H]1OC(C)=O. The van der Waals surface area contributed by atoms with Gasteiger partial charge in [-0.3, -0.25) is 47.7 Å². The minimum Gasteiger partial charge on any atom is -0.463 e. The first kappa shape index (κ1) is 49.3. The summed E-state index contributed by atoms with van der Waals surface area (Å²) in [6.07, 6.45) is -14.9. The summed E-state index contributed by atoms with van der Waals surface area (Å²) in [5.74, 6) is -7.21. The quantitative estimate of drug-likeness (QED) is 0.147. The molecule has 0 amide bonds. The molecule has 3 heterocycles. The molecule has 63 heavy (non-hydrogen) atoms. The number of carbonyl (C=O) groups excluding carboxylic acids is 8. The average molecular weight is 904 g/mol. The van der Waals surface area contributed by atoms with Gasteiger partial charge in [-0.05, 0) is 12.5 Å². The van der Waals surface area contributed by atoms with Crippen molar-refractivity contribution in [3.63, 3.8) is 0 Å². The van der Waals surface area contributed by atoms with Gasteiger partial charge < -0.3 is 47.4 Å². The molecular formula is C40H45N3O19S. The van der Waals surface area contributed by atoms with Crippen LogP contribution in [0.15, 0.2) is 34.2 Å². The normalized spacial score (nSPS) is 25.2. The molecule has 0 saturated carbocycles. The van der Waals surface area contributed by atoms with Crippen LogP contribution in [0.5, 0.6) is 0 Å². The standard InChI is InChI=1S/C40H45N3O19S/c1-17-10-12-26(13-11-17)30-27(14-41)37(52)42-40(63-39-36(60-25(9)51)34(58-23(7)49)32(56-21(5)47)29(62-39)16-54-19(3)45)43(30)38-35(59-24(8)50)33(57-22(6)48)31(55-20(4)46)28(61-38)15-53-18(2)44/h10-13,28-29,31-36,38-39H,15-16H2,1-9H3/t28-,29-,31-,32-,33+,34+,35-,36-,38-,39+/m1/s1. The molecule has 2 aliphatic heterocycles. The van der Waals surface area contributed by atoms with E-state index in [0.717, 1.165) is 65.5 Å². The van der Waals surface area contributed by atoms with Crippen molar-refractivity contribution >= 4 is 59.5 Å². The van der Waals surface area contributed by atoms with Gasteiger partial charge in [-0.15, -0.1) is 0 Å². The van der Waals surface area contributed by atoms with E-state index in [2.05, 4.69) is 4.98 Å². The Morgan fingerprint density at radius 2 is 1.03 bits per heavy atom. The number of nitriles is 1. The molecule has 1 aromatic heterocycles. The van der Waals surface area contributed by atoms with Crippen LogP contribution in [0.25, 0.3) is 11.3 Å². The number of esters is 8. The Morgan fingerprint density at radius 1 is 0.619 bits per heavy atom. The predicted octanol–water partition coefficient (Wildman–Crippen LogP) is 1.52. The smallest absolute Gasteiger partial charge is 0.303 e. The van der Waals surface area contributed by atoms with Crippen LogP contribution < -0.4 is 5.56 Å². The Morgan fingerprint density at radius 3 is 1.48 bits per heavy atom. The van der Waals surface area contributed by atoms with E-state index in [-0.39, 0.29) is 11.3 Å². The lowest BCUT2D eigenvalue weighted by atomic mass is 9.96. The van der Waals surface area contributed by atoms with Crippen LogP contribution in [0.1, 0.15) is 72.7 Å². The first-order valence-electron chi connectivity index (χ1n) is 19.0. The summed E-state index contributed by atoms with van der Waals surface area (Å²) in [4.78, 5) is 118. The van der Waals surface area contributed by atoms with Gasteiger partial charge in [0.1, 0.15) is 37.1 Å². The number of aromatic nitrogens is 2. The largest absolute Gasteiger partial charge is 0.463 e. The van der Waals surface area contributed by atoms with Crippen LogP contribution in [0.4, 0.5) is 0 Å². The van der Waals surface area contributed by atoms with E-state index in [1.165, 1.54) is 12.1 Å². The molecule has 2 saturated heterocycles. The van der Waals surface area contributed by atoms with E-state index >= 15 is 0 Å². The van der Waals surface area contributed by atoms with E-state index < -0.39 is 138 Å². The van der Waals surface area contributed by atoms with Crippen molar-refractivity contribution in [3.8, 4) is 17.3 Å². The van der Waals surface area contributed by atoms with Crippen molar-refractivity contribution in [2.45, 2.75) is 128 Å². The molecule has 2 fully saturated rings. The van der Waals surface area contributed by atoms with Crippen LogP contribution in [0, 0.1) is 18.3 Å². The van der Waals surface area contributed by atoms with Gasteiger partial charge >= 0.3 is 47.8 Å². The molecule has 22 nitrogen and oxygen atoms in total. The minimum absolute atomic E-state index is 0.174. The summed E-state index contributed by atoms with van der Waals surface area (Å²) in [7, 11) is 0. The highest BCUT2D eigenvalue weighted by Crippen LogP contribution is 2.43. The number of ether oxygens (including phenoxy) is 10. The molecule has 0 radical (unpaired) electrons. The first-order valence-corrected chi connectivity index (χ1v) is 19.9. The van der Waals surface area contributed by atoms with Crippen LogP contribution in [0.2, 0.25) is 0 Å². The Bertz CT molecular complexity index is 2200. The lowest BCUT2D eigenvalue weighted by Crippen LogP contribution is -2.62. The predicted molar refractivity (Wildman–Crippen MR) is 208 cm³/mol. The summed E-state index contributed by atoms with van der Waals surface area (Å²) >= 11 is 0.509. The summed E-state index contributed by atoms with van der Waals surface area (Å²) < 4.78 is 58.0. The fraction of sp³-hybridized carbons (Fsp3) is 0.525. The zero-order valence-corrected chi connectivity index (χ0v) is 36.3. The topological polar surface area (TPSA) is 288 Å². The van der Waals surface area contributed by atoms with Gasteiger partial charge in [0.2, 0.25) is 0 Å². The van der Waals surface area contributed by atoms with E-state index in [4.69, 9.17) is 47.4 Å². The Hall–Kier alpha value is -6.38. The molecule has 0 spiro atoms. The zero-order valence-electron chi connectivity index (χ0n) is 35.5. The number of rotatable bonds is 14. The van der Waals surface area contributed by atoms with Crippen LogP contribution in [0.3, 0.4) is 0 Å². The number of hydrogen-bond acceptors (Lipinski definition) is 22. The molecule has 0 aliphatic carbocycles. The molecule has 1 aromatic carbocycles. The Kier molecular flexibility index (Phi) is 16.9. The number of hydrogen-bond donors (Lipinski definition) is 0. The van der Waals surface area contributed by atoms with Gasteiger partial charge in [0.15, 0.2) is 53.4 Å². The summed E-state index contributed by atoms with van der Waals surface area (Å²) in [5, 5.41) is 10.1. The first-order chi connectivity index (χ1) is 29.6. The zero-order chi connectivity index (χ0) is 46.9. The van der Waals surface area contributed by atoms with Crippen molar-refractivity contribution in [2.75, 3.05) is 13.2 Å². The second-order valence-electron chi connectivity index (χ2n) is 14.0. The molecule has 340 valence electrons. The van der Waals surface area contributed by atoms with Gasteiger partial charge in [0, 0.05) is 55.4 Å². The highest BCUT2D eigenvalue weighted by atomic mass is 32.2. The van der Waals surface area contributed by atoms with Crippen molar-refractivity contribution in [3.05, 3.63) is 45.7 Å². The van der Waals surface area contributed by atoms with Crippen LogP contribution >= 0.6 is 11.8 Å². The third-order valence-electron chi connectivity index (χ3n) is 8.92. The summed E-state index contributed by atoms with van der Waals surface area (Å²) in [5.41, 5.74) is -2.65. The lowest BCUT2D eigenvalue weighted by Gasteiger charge is -2.46. The van der Waals surface area contributed by atoms with E-state index in [1.807, 2.05) is 6.07 Å². The summed E-state index contributed by atoms with van der Waals surface area (Å²) in [6, 6.07) is 8.21. The molecule has 23 heteroatoms. The monoisotopic (exact) mass is 903 g/mol. The molecule has 10 atom stereocenters. The number of nitrogens with zero attached hydrogens (tertiary/aromatic N) is 3. The fourth-order valence-electron chi connectivity index (χ4n) is 6.73. The molecule has 2 aliphatic rings. The molecule has 2 aromatic rings. The van der Waals surface area contributed by atoms with Gasteiger partial charge in [-0.2, -0.15) is 10.2 Å². The van der Waals surface area contributed by atoms with Crippen molar-refractivity contribution < 1.29 is 85.7 Å².